The molecule has 120 valence electrons. The number of nitrogens with zero attached hydrogens (tertiary/aromatic N) is 4. The van der Waals surface area contributed by atoms with E-state index in [1.165, 1.54) is 0 Å². The summed E-state index contributed by atoms with van der Waals surface area (Å²) in [5.74, 6) is 1.33. The predicted octanol–water partition coefficient (Wildman–Crippen LogP) is 4.64. The molecule has 2 aromatic carbocycles. The Labute approximate surface area is 148 Å². The van der Waals surface area contributed by atoms with Crippen LogP contribution in [0, 0.1) is 0 Å². The van der Waals surface area contributed by atoms with Crippen LogP contribution in [0.2, 0.25) is 0 Å². The first-order chi connectivity index (χ1) is 12.3. The van der Waals surface area contributed by atoms with Crippen molar-refractivity contribution in [3.63, 3.8) is 0 Å². The number of fused-ring (bicyclic) bond motifs is 2. The highest BCUT2D eigenvalue weighted by atomic mass is 35.5. The van der Waals surface area contributed by atoms with E-state index in [9.17, 15) is 0 Å². The smallest absolute Gasteiger partial charge is 0.174 e. The van der Waals surface area contributed by atoms with Crippen molar-refractivity contribution in [2.75, 3.05) is 0 Å². The largest absolute Gasteiger partial charge is 0.337 e. The van der Waals surface area contributed by atoms with Crippen LogP contribution >= 0.6 is 11.8 Å². The van der Waals surface area contributed by atoms with E-state index in [-0.39, 0.29) is 0 Å². The Kier molecular flexibility index (Phi) is 3.08. The lowest BCUT2D eigenvalue weighted by atomic mass is 10.3. The maximum Gasteiger partial charge on any atom is 0.174 e. The second-order valence-corrected chi connectivity index (χ2v) is 6.05. The lowest BCUT2D eigenvalue weighted by Gasteiger charge is -2.02. The summed E-state index contributed by atoms with van der Waals surface area (Å²) in [5.41, 5.74) is 5.03. The molecule has 0 unspecified atom stereocenters. The maximum atomic E-state index is 6.44. The van der Waals surface area contributed by atoms with Crippen LogP contribution in [0.15, 0.2) is 66.7 Å². The second kappa shape index (κ2) is 5.43. The van der Waals surface area contributed by atoms with Crippen molar-refractivity contribution in [3.8, 4) is 23.0 Å². The summed E-state index contributed by atoms with van der Waals surface area (Å²) < 4.78 is 1.54. The molecule has 0 aliphatic rings. The minimum Gasteiger partial charge on any atom is -0.337 e. The molecule has 3 heterocycles. The zero-order chi connectivity index (χ0) is 16.8. The summed E-state index contributed by atoms with van der Waals surface area (Å²) in [7, 11) is 0. The van der Waals surface area contributed by atoms with Gasteiger partial charge in [-0.2, -0.15) is 0 Å². The molecule has 5 rings (SSSR count). The first-order valence-corrected chi connectivity index (χ1v) is 8.19. The molecule has 0 radical (unpaired) electrons. The topological polar surface area (TPSA) is 59.4 Å². The summed E-state index contributed by atoms with van der Waals surface area (Å²) in [6.45, 7) is 0. The van der Waals surface area contributed by atoms with Crippen LogP contribution in [0.4, 0.5) is 0 Å². The third-order valence-electron chi connectivity index (χ3n) is 4.12. The van der Waals surface area contributed by atoms with Gasteiger partial charge in [0, 0.05) is 11.8 Å². The van der Waals surface area contributed by atoms with Gasteiger partial charge in [-0.25, -0.2) is 19.0 Å². The number of benzene rings is 2. The Morgan fingerprint density at radius 2 is 1.48 bits per heavy atom. The highest BCUT2D eigenvalue weighted by Gasteiger charge is 2.14. The Morgan fingerprint density at radius 1 is 0.720 bits per heavy atom. The van der Waals surface area contributed by atoms with Crippen LogP contribution in [0.25, 0.3) is 45.1 Å². The maximum absolute atomic E-state index is 6.44. The van der Waals surface area contributed by atoms with E-state index < -0.39 is 0 Å². The van der Waals surface area contributed by atoms with Gasteiger partial charge in [0.05, 0.1) is 22.1 Å². The van der Waals surface area contributed by atoms with Crippen LogP contribution in [-0.2, 0) is 0 Å². The van der Waals surface area contributed by atoms with Gasteiger partial charge in [-0.1, -0.05) is 30.3 Å². The number of hydrogen-bond donors (Lipinski definition) is 1. The van der Waals surface area contributed by atoms with E-state index in [1.807, 2.05) is 66.7 Å². The predicted molar refractivity (Wildman–Crippen MR) is 99.3 cm³/mol. The lowest BCUT2D eigenvalue weighted by molar-refractivity contribution is 1.17. The monoisotopic (exact) mass is 345 g/mol. The van der Waals surface area contributed by atoms with Gasteiger partial charge in [0.1, 0.15) is 11.4 Å². The molecule has 0 saturated carbocycles. The Hall–Kier alpha value is -3.18. The Morgan fingerprint density at radius 3 is 2.32 bits per heavy atom. The molecule has 0 aliphatic carbocycles. The molecule has 0 fully saturated rings. The number of H-pyrrole nitrogens is 1. The quantitative estimate of drug-likeness (QED) is 0.507. The molecule has 5 nitrogen and oxygen atoms in total. The average Bonchev–Trinajstić information content (AvgIpc) is 3.24. The highest BCUT2D eigenvalue weighted by Crippen LogP contribution is 2.26. The molecule has 6 heteroatoms. The van der Waals surface area contributed by atoms with Crippen molar-refractivity contribution >= 4 is 33.8 Å². The molecule has 0 spiro atoms. The third-order valence-corrected chi connectivity index (χ3v) is 4.46. The van der Waals surface area contributed by atoms with E-state index >= 15 is 0 Å². The van der Waals surface area contributed by atoms with Gasteiger partial charge in [-0.15, -0.1) is 0 Å². The van der Waals surface area contributed by atoms with E-state index in [0.717, 1.165) is 33.6 Å². The number of para-hydroxylation sites is 4. The van der Waals surface area contributed by atoms with Crippen LogP contribution < -0.4 is 0 Å². The molecule has 0 saturated heterocycles. The number of rotatable bonds is 2. The third kappa shape index (κ3) is 2.28. The normalized spacial score (nSPS) is 11.4. The molecule has 1 N–H and O–H groups in total. The minimum absolute atomic E-state index is 0.612. The molecular weight excluding hydrogens is 334 g/mol. The minimum atomic E-state index is 0.612. The van der Waals surface area contributed by atoms with Gasteiger partial charge in [-0.3, -0.25) is 0 Å². The molecule has 0 aliphatic heterocycles. The first-order valence-electron chi connectivity index (χ1n) is 7.86. The number of hydrogen-bond acceptors (Lipinski definition) is 3. The van der Waals surface area contributed by atoms with Crippen LogP contribution in [-0.4, -0.2) is 24.0 Å². The van der Waals surface area contributed by atoms with E-state index in [1.54, 1.807) is 4.09 Å². The van der Waals surface area contributed by atoms with Crippen molar-refractivity contribution in [3.05, 3.63) is 66.7 Å². The van der Waals surface area contributed by atoms with E-state index in [4.69, 9.17) is 16.8 Å². The van der Waals surface area contributed by atoms with Gasteiger partial charge in [0.2, 0.25) is 0 Å². The standard InChI is InChI=1S/C19H12ClN5/c20-25-17-11-4-3-8-14(17)24-19(25)16-10-5-9-15(21-16)18-22-12-6-1-2-7-13(12)23-18/h1-11H,(H,22,23). The SMILES string of the molecule is Cln1c(-c2cccc(-c3nc4ccccc4[nH]3)n2)nc2ccccc21. The first kappa shape index (κ1) is 14.2. The molecule has 25 heavy (non-hydrogen) atoms. The second-order valence-electron chi connectivity index (χ2n) is 5.72. The van der Waals surface area contributed by atoms with Gasteiger partial charge >= 0.3 is 0 Å². The summed E-state index contributed by atoms with van der Waals surface area (Å²) >= 11 is 6.44. The van der Waals surface area contributed by atoms with E-state index in [0.29, 0.717) is 11.5 Å². The van der Waals surface area contributed by atoms with Crippen molar-refractivity contribution in [2.45, 2.75) is 0 Å². The van der Waals surface area contributed by atoms with Crippen molar-refractivity contribution in [1.29, 1.82) is 0 Å². The fourth-order valence-corrected chi connectivity index (χ4v) is 3.19. The van der Waals surface area contributed by atoms with Crippen molar-refractivity contribution in [1.82, 2.24) is 24.0 Å². The fourth-order valence-electron chi connectivity index (χ4n) is 2.92. The molecular formula is C19H12ClN5. The van der Waals surface area contributed by atoms with Gasteiger partial charge in [0.15, 0.2) is 11.6 Å². The number of aromatic nitrogens is 5. The molecule has 0 amide bonds. The zero-order valence-electron chi connectivity index (χ0n) is 13.0. The van der Waals surface area contributed by atoms with Gasteiger partial charge < -0.3 is 4.98 Å². The summed E-state index contributed by atoms with van der Waals surface area (Å²) in [6, 6.07) is 21.4. The zero-order valence-corrected chi connectivity index (χ0v) is 13.8. The lowest BCUT2D eigenvalue weighted by Crippen LogP contribution is -1.93. The number of nitrogens with one attached hydrogen (secondary N) is 1. The van der Waals surface area contributed by atoms with Crippen LogP contribution in [0.1, 0.15) is 0 Å². The number of pyridine rings is 1. The van der Waals surface area contributed by atoms with Gasteiger partial charge in [0.25, 0.3) is 0 Å². The summed E-state index contributed by atoms with van der Waals surface area (Å²) in [4.78, 5) is 17.2. The van der Waals surface area contributed by atoms with Crippen LogP contribution in [0.3, 0.4) is 0 Å². The average molecular weight is 346 g/mol. The molecule has 3 aromatic heterocycles. The Bertz CT molecular complexity index is 1190. The van der Waals surface area contributed by atoms with Crippen molar-refractivity contribution in [2.24, 2.45) is 0 Å². The Balaban J connectivity index is 1.66. The number of halogens is 1. The highest BCUT2D eigenvalue weighted by molar-refractivity contribution is 6.20. The molecule has 0 atom stereocenters. The molecule has 0 bridgehead atoms. The van der Waals surface area contributed by atoms with E-state index in [2.05, 4.69) is 15.0 Å². The van der Waals surface area contributed by atoms with Crippen LogP contribution in [0.5, 0.6) is 0 Å². The number of imidazole rings is 2. The number of aromatic amines is 1. The summed E-state index contributed by atoms with van der Waals surface area (Å²) in [6.07, 6.45) is 0. The molecule has 5 aromatic rings. The van der Waals surface area contributed by atoms with Crippen molar-refractivity contribution < 1.29 is 0 Å². The fraction of sp³-hybridized carbons (Fsp3) is 0. The van der Waals surface area contributed by atoms with Gasteiger partial charge in [-0.05, 0) is 36.4 Å². The summed E-state index contributed by atoms with van der Waals surface area (Å²) in [5, 5.41) is 0.